The van der Waals surface area contributed by atoms with Crippen LogP contribution in [0.1, 0.15) is 121 Å². The van der Waals surface area contributed by atoms with E-state index in [1.54, 1.807) is 0 Å². The number of benzene rings is 1. The molecule has 0 aliphatic carbocycles. The van der Waals surface area contributed by atoms with E-state index < -0.39 is 12.9 Å². The van der Waals surface area contributed by atoms with Gasteiger partial charge in [0.2, 0.25) is 5.34 Å². The third-order valence-electron chi connectivity index (χ3n) is 7.15. The van der Waals surface area contributed by atoms with Crippen LogP contribution in [0.2, 0.25) is 0 Å². The highest BCUT2D eigenvalue weighted by molar-refractivity contribution is 14.1. The number of hydrogen-bond acceptors (Lipinski definition) is 2. The van der Waals surface area contributed by atoms with Crippen LogP contribution in [0, 0.1) is 3.57 Å². The molecule has 2 atom stereocenters. The van der Waals surface area contributed by atoms with Gasteiger partial charge in [0.25, 0.3) is 0 Å². The lowest BCUT2D eigenvalue weighted by molar-refractivity contribution is -0.875. The van der Waals surface area contributed by atoms with Crippen LogP contribution < -0.4 is 0 Å². The van der Waals surface area contributed by atoms with Crippen LogP contribution in [0.25, 0.3) is 0 Å². The Bertz CT molecular complexity index is 747. The molecule has 210 valence electrons. The summed E-state index contributed by atoms with van der Waals surface area (Å²) in [6, 6.07) is 9.03. The van der Waals surface area contributed by atoms with E-state index in [2.05, 4.69) is 53.8 Å². The van der Waals surface area contributed by atoms with Crippen LogP contribution in [0.5, 0.6) is 0 Å². The average Bonchev–Trinajstić information content (AvgIpc) is 2.77. The molecule has 0 aliphatic rings. The third-order valence-corrected chi connectivity index (χ3v) is 9.32. The Labute approximate surface area is 235 Å². The highest BCUT2D eigenvalue weighted by atomic mass is 127. The minimum atomic E-state index is -4.58. The van der Waals surface area contributed by atoms with E-state index in [1.807, 2.05) is 21.1 Å². The van der Waals surface area contributed by atoms with Gasteiger partial charge in [-0.2, -0.15) is 0 Å². The summed E-state index contributed by atoms with van der Waals surface area (Å²) in [4.78, 5) is 19.5. The first-order valence-electron chi connectivity index (χ1n) is 14.2. The van der Waals surface area contributed by atoms with Gasteiger partial charge in [0.05, 0.1) is 21.1 Å². The number of nitrogens with zero attached hydrogens (tertiary/aromatic N) is 1. The number of likely N-dealkylation sites (N-methyl/N-ethyl adjacent to an activating group) is 1. The first-order chi connectivity index (χ1) is 16.9. The summed E-state index contributed by atoms with van der Waals surface area (Å²) >= 11 is 2.37. The first kappa shape index (κ1) is 34.0. The van der Waals surface area contributed by atoms with E-state index in [4.69, 9.17) is 0 Å². The van der Waals surface area contributed by atoms with Crippen LogP contribution in [-0.4, -0.2) is 52.4 Å². The Morgan fingerprint density at radius 1 is 0.806 bits per heavy atom. The molecule has 2 unspecified atom stereocenters. The summed E-state index contributed by atoms with van der Waals surface area (Å²) in [5.41, 5.74) is 1.46. The van der Waals surface area contributed by atoms with Crippen LogP contribution in [-0.2, 0) is 4.57 Å². The van der Waals surface area contributed by atoms with Crippen LogP contribution in [0.4, 0.5) is 0 Å². The molecule has 5 nitrogen and oxygen atoms in total. The summed E-state index contributed by atoms with van der Waals surface area (Å²) in [7, 11) is 0.956. The van der Waals surface area contributed by atoms with Gasteiger partial charge in [0, 0.05) is 3.57 Å². The fourth-order valence-corrected chi connectivity index (χ4v) is 6.56. The SMILES string of the molecule is CCCCCCCCCCC(CCCCCCCC(O)(C[N+](C)(C)C)P(=O)(O)O)c1ccc(I)cc1. The lowest BCUT2D eigenvalue weighted by Gasteiger charge is -2.35. The predicted molar refractivity (Wildman–Crippen MR) is 161 cm³/mol. The first-order valence-corrected chi connectivity index (χ1v) is 16.9. The van der Waals surface area contributed by atoms with Gasteiger partial charge in [-0.3, -0.25) is 4.57 Å². The van der Waals surface area contributed by atoms with Gasteiger partial charge >= 0.3 is 7.60 Å². The Hall–Kier alpha value is 0.0200. The van der Waals surface area contributed by atoms with Gasteiger partial charge < -0.3 is 19.4 Å². The van der Waals surface area contributed by atoms with Crippen molar-refractivity contribution in [2.75, 3.05) is 27.7 Å². The third kappa shape index (κ3) is 14.8. The molecule has 0 saturated carbocycles. The van der Waals surface area contributed by atoms with Crippen molar-refractivity contribution in [1.29, 1.82) is 0 Å². The predicted octanol–water partition coefficient (Wildman–Crippen LogP) is 8.21. The monoisotopic (exact) mass is 638 g/mol. The number of quaternary nitrogens is 1. The van der Waals surface area contributed by atoms with Gasteiger partial charge in [-0.05, 0) is 71.9 Å². The maximum Gasteiger partial charge on any atom is 0.362 e. The fraction of sp³-hybridized carbons (Fsp3) is 0.793. The molecule has 1 rings (SSSR count). The molecule has 7 heteroatoms. The Kier molecular flexibility index (Phi) is 16.6. The van der Waals surface area contributed by atoms with Crippen LogP contribution >= 0.6 is 30.2 Å². The van der Waals surface area contributed by atoms with E-state index in [1.165, 1.54) is 79.8 Å². The number of unbranched alkanes of at least 4 members (excludes halogenated alkanes) is 11. The molecular formula is C29H54INO4P+. The molecule has 1 aromatic rings. The van der Waals surface area contributed by atoms with Crippen LogP contribution in [0.3, 0.4) is 0 Å². The Morgan fingerprint density at radius 2 is 1.25 bits per heavy atom. The van der Waals surface area contributed by atoms with Crippen molar-refractivity contribution in [1.82, 2.24) is 0 Å². The standard InChI is InChI=1S/C29H53INO4P/c1-5-6-7-8-9-10-12-15-18-26(27-20-22-28(30)23-21-27)19-16-13-11-14-17-24-29(32,36(33,34)35)25-31(2,3)4/h20-23,26,32H,5-19,24-25H2,1-4H3,(H-,33,34,35)/p+1. The zero-order valence-corrected chi connectivity index (χ0v) is 26.5. The Morgan fingerprint density at radius 3 is 1.69 bits per heavy atom. The summed E-state index contributed by atoms with van der Waals surface area (Å²) in [5, 5.41) is 8.77. The topological polar surface area (TPSA) is 77.8 Å². The van der Waals surface area contributed by atoms with E-state index in [0.717, 1.165) is 19.3 Å². The molecule has 0 radical (unpaired) electrons. The van der Waals surface area contributed by atoms with Crippen molar-refractivity contribution in [2.24, 2.45) is 0 Å². The van der Waals surface area contributed by atoms with Gasteiger partial charge in [-0.25, -0.2) is 0 Å². The second kappa shape index (κ2) is 17.6. The second-order valence-electron chi connectivity index (χ2n) is 11.8. The molecule has 1 aromatic carbocycles. The minimum absolute atomic E-state index is 0.0493. The van der Waals surface area contributed by atoms with E-state index in [-0.39, 0.29) is 13.0 Å². The molecule has 0 spiro atoms. The van der Waals surface area contributed by atoms with Gasteiger partial charge in [-0.15, -0.1) is 0 Å². The lowest BCUT2D eigenvalue weighted by Crippen LogP contribution is -2.49. The zero-order chi connectivity index (χ0) is 27.1. The second-order valence-corrected chi connectivity index (χ2v) is 15.0. The maximum absolute atomic E-state index is 11.9. The quantitative estimate of drug-likeness (QED) is 0.0549. The highest BCUT2D eigenvalue weighted by Crippen LogP contribution is 2.52. The molecular weight excluding hydrogens is 584 g/mol. The molecule has 0 fully saturated rings. The highest BCUT2D eigenvalue weighted by Gasteiger charge is 2.48. The molecule has 0 amide bonds. The van der Waals surface area contributed by atoms with E-state index in [9.17, 15) is 19.5 Å². The minimum Gasteiger partial charge on any atom is -0.373 e. The van der Waals surface area contributed by atoms with Crippen molar-refractivity contribution in [3.05, 3.63) is 33.4 Å². The van der Waals surface area contributed by atoms with Gasteiger partial charge in [0.15, 0.2) is 0 Å². The molecule has 0 saturated heterocycles. The zero-order valence-electron chi connectivity index (χ0n) is 23.4. The molecule has 3 N–H and O–H groups in total. The molecule has 0 aromatic heterocycles. The molecule has 0 bridgehead atoms. The summed E-state index contributed by atoms with van der Waals surface area (Å²) < 4.78 is 13.5. The van der Waals surface area contributed by atoms with E-state index in [0.29, 0.717) is 16.8 Å². The normalized spacial score (nSPS) is 15.1. The van der Waals surface area contributed by atoms with E-state index >= 15 is 0 Å². The molecule has 36 heavy (non-hydrogen) atoms. The van der Waals surface area contributed by atoms with Crippen molar-refractivity contribution >= 4 is 30.2 Å². The molecule has 0 aliphatic heterocycles. The van der Waals surface area contributed by atoms with Crippen molar-refractivity contribution in [3.63, 3.8) is 0 Å². The van der Waals surface area contributed by atoms with Crippen molar-refractivity contribution in [2.45, 2.75) is 121 Å². The average molecular weight is 639 g/mol. The van der Waals surface area contributed by atoms with Crippen molar-refractivity contribution < 1.29 is 23.9 Å². The maximum atomic E-state index is 11.9. The van der Waals surface area contributed by atoms with Gasteiger partial charge in [0.1, 0.15) is 6.54 Å². The summed E-state index contributed by atoms with van der Waals surface area (Å²) in [6.07, 6.45) is 18.3. The summed E-state index contributed by atoms with van der Waals surface area (Å²) in [6.45, 7) is 2.32. The number of aliphatic hydroxyl groups is 1. The fourth-order valence-electron chi connectivity index (χ4n) is 5.14. The summed E-state index contributed by atoms with van der Waals surface area (Å²) in [5.74, 6) is 0.617. The van der Waals surface area contributed by atoms with Crippen LogP contribution in [0.15, 0.2) is 24.3 Å². The number of halogens is 1. The number of rotatable bonds is 21. The lowest BCUT2D eigenvalue weighted by atomic mass is 9.88. The Balaban J connectivity index is 2.41. The van der Waals surface area contributed by atoms with Gasteiger partial charge in [-0.1, -0.05) is 96.1 Å². The smallest absolute Gasteiger partial charge is 0.362 e. The van der Waals surface area contributed by atoms with Crippen molar-refractivity contribution in [3.8, 4) is 0 Å². The largest absolute Gasteiger partial charge is 0.373 e. The molecule has 0 heterocycles. The number of hydrogen-bond donors (Lipinski definition) is 3.